The molecule has 0 unspecified atom stereocenters. The van der Waals surface area contributed by atoms with Gasteiger partial charge in [-0.1, -0.05) is 29.5 Å². The highest BCUT2D eigenvalue weighted by atomic mass is 32.2. The molecule has 0 aliphatic heterocycles. The Labute approximate surface area is 177 Å². The molecule has 0 saturated carbocycles. The van der Waals surface area contributed by atoms with E-state index in [0.29, 0.717) is 5.75 Å². The predicted molar refractivity (Wildman–Crippen MR) is 119 cm³/mol. The van der Waals surface area contributed by atoms with E-state index < -0.39 is 0 Å². The van der Waals surface area contributed by atoms with Crippen LogP contribution in [0.1, 0.15) is 34.7 Å². The van der Waals surface area contributed by atoms with Gasteiger partial charge in [-0.15, -0.1) is 11.3 Å². The zero-order valence-electron chi connectivity index (χ0n) is 16.5. The van der Waals surface area contributed by atoms with Crippen molar-refractivity contribution in [2.75, 3.05) is 0 Å². The number of thioether (sulfide) groups is 1. The van der Waals surface area contributed by atoms with Crippen LogP contribution in [0.15, 0.2) is 46.6 Å². The number of aryl methyl sites for hydroxylation is 4. The van der Waals surface area contributed by atoms with Crippen molar-refractivity contribution in [2.45, 2.75) is 43.5 Å². The van der Waals surface area contributed by atoms with Gasteiger partial charge in [0.05, 0.1) is 16.8 Å². The minimum Gasteiger partial charge on any atom is -0.337 e. The molecule has 0 spiro atoms. The van der Waals surface area contributed by atoms with Gasteiger partial charge in [-0.2, -0.15) is 0 Å². The van der Waals surface area contributed by atoms with Crippen LogP contribution < -0.4 is 5.56 Å². The first kappa shape index (κ1) is 18.6. The Morgan fingerprint density at radius 2 is 1.97 bits per heavy atom. The number of imidazole rings is 1. The Kier molecular flexibility index (Phi) is 4.80. The van der Waals surface area contributed by atoms with Crippen molar-refractivity contribution in [3.63, 3.8) is 0 Å². The van der Waals surface area contributed by atoms with Crippen LogP contribution in [-0.4, -0.2) is 19.1 Å². The van der Waals surface area contributed by atoms with Crippen LogP contribution in [0.5, 0.6) is 0 Å². The van der Waals surface area contributed by atoms with Crippen LogP contribution in [0.2, 0.25) is 0 Å². The second kappa shape index (κ2) is 7.46. The fourth-order valence-corrected chi connectivity index (χ4v) is 6.19. The van der Waals surface area contributed by atoms with Gasteiger partial charge in [-0.3, -0.25) is 9.36 Å². The minimum atomic E-state index is 0.0561. The molecule has 1 aliphatic carbocycles. The topological polar surface area (TPSA) is 52.7 Å². The number of hydrogen-bond acceptors (Lipinski definition) is 5. The first-order valence-electron chi connectivity index (χ1n) is 9.85. The molecule has 0 amide bonds. The largest absolute Gasteiger partial charge is 0.337 e. The first-order valence-corrected chi connectivity index (χ1v) is 11.7. The smallest absolute Gasteiger partial charge is 0.267 e. The SMILES string of the molecule is Cc1ccc(-n2c(SCc3nccn3C)nc3sc4c(c3c2=O)CCCC4)cc1. The summed E-state index contributed by atoms with van der Waals surface area (Å²) in [5, 5.41) is 1.56. The van der Waals surface area contributed by atoms with Crippen molar-refractivity contribution in [1.29, 1.82) is 0 Å². The van der Waals surface area contributed by atoms with Crippen LogP contribution in [0.3, 0.4) is 0 Å². The van der Waals surface area contributed by atoms with Crippen molar-refractivity contribution < 1.29 is 0 Å². The molecular weight excluding hydrogens is 400 g/mol. The third-order valence-corrected chi connectivity index (χ3v) is 7.62. The number of rotatable bonds is 4. The van der Waals surface area contributed by atoms with Crippen LogP contribution in [0.25, 0.3) is 15.9 Å². The van der Waals surface area contributed by atoms with E-state index in [1.54, 1.807) is 33.9 Å². The molecule has 7 heteroatoms. The Balaban J connectivity index is 1.69. The van der Waals surface area contributed by atoms with E-state index in [1.807, 2.05) is 42.1 Å². The van der Waals surface area contributed by atoms with Crippen LogP contribution in [0.4, 0.5) is 0 Å². The Morgan fingerprint density at radius 1 is 1.17 bits per heavy atom. The maximum atomic E-state index is 13.7. The number of hydrogen-bond donors (Lipinski definition) is 0. The normalized spacial score (nSPS) is 13.7. The molecule has 3 aromatic heterocycles. The summed E-state index contributed by atoms with van der Waals surface area (Å²) in [5.74, 6) is 1.63. The molecule has 1 aliphatic rings. The summed E-state index contributed by atoms with van der Waals surface area (Å²) in [6, 6.07) is 8.10. The maximum absolute atomic E-state index is 13.7. The number of fused-ring (bicyclic) bond motifs is 3. The summed E-state index contributed by atoms with van der Waals surface area (Å²) >= 11 is 3.27. The van der Waals surface area contributed by atoms with Crippen molar-refractivity contribution >= 4 is 33.3 Å². The highest BCUT2D eigenvalue weighted by Crippen LogP contribution is 2.35. The van der Waals surface area contributed by atoms with Gasteiger partial charge < -0.3 is 4.57 Å². The average molecular weight is 423 g/mol. The second-order valence-electron chi connectivity index (χ2n) is 7.50. The lowest BCUT2D eigenvalue weighted by atomic mass is 9.97. The molecule has 0 saturated heterocycles. The molecule has 0 atom stereocenters. The van der Waals surface area contributed by atoms with Gasteiger partial charge in [0.15, 0.2) is 5.16 Å². The zero-order chi connectivity index (χ0) is 20.0. The van der Waals surface area contributed by atoms with E-state index in [-0.39, 0.29) is 5.56 Å². The van der Waals surface area contributed by atoms with E-state index in [4.69, 9.17) is 4.98 Å². The molecule has 148 valence electrons. The van der Waals surface area contributed by atoms with Crippen molar-refractivity contribution in [2.24, 2.45) is 7.05 Å². The quantitative estimate of drug-likeness (QED) is 0.355. The lowest BCUT2D eigenvalue weighted by Crippen LogP contribution is -2.22. The Morgan fingerprint density at radius 3 is 2.72 bits per heavy atom. The molecular formula is C22H22N4OS2. The third-order valence-electron chi connectivity index (χ3n) is 5.50. The fourth-order valence-electron chi connectivity index (χ4n) is 3.87. The summed E-state index contributed by atoms with van der Waals surface area (Å²) in [6.07, 6.45) is 8.14. The monoisotopic (exact) mass is 422 g/mol. The highest BCUT2D eigenvalue weighted by Gasteiger charge is 2.23. The molecule has 0 N–H and O–H groups in total. The Hall–Kier alpha value is -2.38. The molecule has 5 nitrogen and oxygen atoms in total. The molecule has 5 rings (SSSR count). The van der Waals surface area contributed by atoms with Crippen LogP contribution in [0, 0.1) is 6.92 Å². The number of thiophene rings is 1. The Bertz CT molecular complexity index is 1250. The lowest BCUT2D eigenvalue weighted by molar-refractivity contribution is 0.699. The van der Waals surface area contributed by atoms with Crippen molar-refractivity contribution in [3.8, 4) is 5.69 Å². The van der Waals surface area contributed by atoms with Crippen molar-refractivity contribution in [3.05, 3.63) is 68.8 Å². The van der Waals surface area contributed by atoms with E-state index in [1.165, 1.54) is 22.4 Å². The van der Waals surface area contributed by atoms with Gasteiger partial charge in [-0.05, 0) is 50.3 Å². The summed E-state index contributed by atoms with van der Waals surface area (Å²) < 4.78 is 3.79. The number of aromatic nitrogens is 4. The second-order valence-corrected chi connectivity index (χ2v) is 9.53. The maximum Gasteiger partial charge on any atom is 0.267 e. The molecule has 0 radical (unpaired) electrons. The lowest BCUT2D eigenvalue weighted by Gasteiger charge is -2.14. The third kappa shape index (κ3) is 3.32. The first-order chi connectivity index (χ1) is 14.1. The van der Waals surface area contributed by atoms with Crippen molar-refractivity contribution in [1.82, 2.24) is 19.1 Å². The molecule has 29 heavy (non-hydrogen) atoms. The van der Waals surface area contributed by atoms with Gasteiger partial charge >= 0.3 is 0 Å². The summed E-state index contributed by atoms with van der Waals surface area (Å²) in [5.41, 5.74) is 3.33. The van der Waals surface area contributed by atoms with E-state index >= 15 is 0 Å². The summed E-state index contributed by atoms with van der Waals surface area (Å²) in [4.78, 5) is 25.3. The van der Waals surface area contributed by atoms with E-state index in [0.717, 1.165) is 46.1 Å². The van der Waals surface area contributed by atoms with Crippen LogP contribution >= 0.6 is 23.1 Å². The number of benzene rings is 1. The zero-order valence-corrected chi connectivity index (χ0v) is 18.1. The standard InChI is InChI=1S/C22H22N4OS2/c1-14-7-9-15(10-8-14)26-21(27)19-16-5-3-4-6-17(16)29-20(19)24-22(26)28-13-18-23-11-12-25(18)2/h7-12H,3-6,13H2,1-2H3. The highest BCUT2D eigenvalue weighted by molar-refractivity contribution is 7.98. The van der Waals surface area contributed by atoms with Gasteiger partial charge in [0, 0.05) is 24.3 Å². The summed E-state index contributed by atoms with van der Waals surface area (Å²) in [6.45, 7) is 2.06. The predicted octanol–water partition coefficient (Wildman–Crippen LogP) is 4.66. The van der Waals surface area contributed by atoms with E-state index in [2.05, 4.69) is 11.9 Å². The minimum absolute atomic E-state index is 0.0561. The summed E-state index contributed by atoms with van der Waals surface area (Å²) in [7, 11) is 1.99. The molecule has 3 heterocycles. The van der Waals surface area contributed by atoms with Gasteiger partial charge in [0.2, 0.25) is 0 Å². The fraction of sp³-hybridized carbons (Fsp3) is 0.318. The van der Waals surface area contributed by atoms with Crippen LogP contribution in [-0.2, 0) is 25.6 Å². The van der Waals surface area contributed by atoms with Gasteiger partial charge in [0.1, 0.15) is 10.7 Å². The average Bonchev–Trinajstić information content (AvgIpc) is 3.30. The molecule has 0 bridgehead atoms. The molecule has 1 aromatic carbocycles. The number of nitrogens with zero attached hydrogens (tertiary/aromatic N) is 4. The van der Waals surface area contributed by atoms with Gasteiger partial charge in [-0.25, -0.2) is 9.97 Å². The molecule has 4 aromatic rings. The van der Waals surface area contributed by atoms with Gasteiger partial charge in [0.25, 0.3) is 5.56 Å². The molecule has 0 fully saturated rings. The van der Waals surface area contributed by atoms with E-state index in [9.17, 15) is 4.79 Å².